The number of fused-ring (bicyclic) bond motifs is 1. The minimum absolute atomic E-state index is 0.0490. The first-order chi connectivity index (χ1) is 9.88. The molecule has 1 aliphatic heterocycles. The van der Waals surface area contributed by atoms with E-state index in [-0.39, 0.29) is 18.2 Å². The summed E-state index contributed by atoms with van der Waals surface area (Å²) < 4.78 is 0. The summed E-state index contributed by atoms with van der Waals surface area (Å²) in [6, 6.07) is 8.11. The van der Waals surface area contributed by atoms with E-state index in [1.807, 2.05) is 39.0 Å². The van der Waals surface area contributed by atoms with Crippen molar-refractivity contribution >= 4 is 17.4 Å². The fraction of sp³-hybridized carbons (Fsp3) is 0.529. The molecule has 0 bridgehead atoms. The van der Waals surface area contributed by atoms with Gasteiger partial charge < -0.3 is 10.2 Å². The molecule has 0 atom stereocenters. The molecule has 114 valence electrons. The summed E-state index contributed by atoms with van der Waals surface area (Å²) in [5.74, 6) is 0.157. The normalized spacial score (nSPS) is 16.3. The van der Waals surface area contributed by atoms with Gasteiger partial charge in [0.1, 0.15) is 0 Å². The van der Waals surface area contributed by atoms with Gasteiger partial charge in [-0.25, -0.2) is 0 Å². The summed E-state index contributed by atoms with van der Waals surface area (Å²) in [4.78, 5) is 26.2. The van der Waals surface area contributed by atoms with E-state index in [4.69, 9.17) is 0 Å². The van der Waals surface area contributed by atoms with Crippen molar-refractivity contribution in [2.24, 2.45) is 5.41 Å². The second-order valence-corrected chi connectivity index (χ2v) is 6.57. The molecular formula is C17H24N2O2. The SMILES string of the molecule is CC(C)(C)C(=O)CN1CCc2ccccc2NCCC1=O. The predicted molar refractivity (Wildman–Crippen MR) is 84.3 cm³/mol. The second-order valence-electron chi connectivity index (χ2n) is 6.57. The highest BCUT2D eigenvalue weighted by Crippen LogP contribution is 2.19. The standard InChI is InChI=1S/C17H24N2O2/c1-17(2,3)15(20)12-19-11-9-13-6-4-5-7-14(13)18-10-8-16(19)21/h4-7,18H,8-12H2,1-3H3. The smallest absolute Gasteiger partial charge is 0.224 e. The molecule has 1 amide bonds. The molecule has 1 heterocycles. The average molecular weight is 288 g/mol. The molecule has 4 nitrogen and oxygen atoms in total. The van der Waals surface area contributed by atoms with Gasteiger partial charge in [-0.3, -0.25) is 9.59 Å². The Morgan fingerprint density at radius 2 is 1.95 bits per heavy atom. The maximum absolute atomic E-state index is 12.3. The Labute approximate surface area is 126 Å². The highest BCUT2D eigenvalue weighted by atomic mass is 16.2. The van der Waals surface area contributed by atoms with Gasteiger partial charge in [0.25, 0.3) is 0 Å². The van der Waals surface area contributed by atoms with Crippen LogP contribution in [0.25, 0.3) is 0 Å². The molecule has 0 aliphatic carbocycles. The summed E-state index contributed by atoms with van der Waals surface area (Å²) in [7, 11) is 0. The lowest BCUT2D eigenvalue weighted by molar-refractivity contribution is -0.137. The maximum atomic E-state index is 12.3. The Morgan fingerprint density at radius 3 is 2.67 bits per heavy atom. The third-order valence-electron chi connectivity index (χ3n) is 3.85. The van der Waals surface area contributed by atoms with E-state index in [0.717, 1.165) is 12.1 Å². The van der Waals surface area contributed by atoms with Crippen molar-refractivity contribution in [1.82, 2.24) is 4.90 Å². The Bertz CT molecular complexity index is 532. The molecule has 0 saturated carbocycles. The van der Waals surface area contributed by atoms with Crippen LogP contribution in [0.15, 0.2) is 24.3 Å². The van der Waals surface area contributed by atoms with Gasteiger partial charge in [0.05, 0.1) is 6.54 Å². The van der Waals surface area contributed by atoms with Gasteiger partial charge in [-0.1, -0.05) is 39.0 Å². The van der Waals surface area contributed by atoms with E-state index < -0.39 is 5.41 Å². The van der Waals surface area contributed by atoms with Gasteiger partial charge >= 0.3 is 0 Å². The van der Waals surface area contributed by atoms with Gasteiger partial charge in [-0.2, -0.15) is 0 Å². The summed E-state index contributed by atoms with van der Waals surface area (Å²) >= 11 is 0. The largest absolute Gasteiger partial charge is 0.384 e. The van der Waals surface area contributed by atoms with Crippen molar-refractivity contribution in [3.05, 3.63) is 29.8 Å². The molecule has 1 aromatic rings. The van der Waals surface area contributed by atoms with E-state index in [2.05, 4.69) is 11.4 Å². The minimum atomic E-state index is -0.408. The zero-order valence-corrected chi connectivity index (χ0v) is 13.1. The second kappa shape index (κ2) is 6.29. The van der Waals surface area contributed by atoms with Crippen LogP contribution < -0.4 is 5.32 Å². The van der Waals surface area contributed by atoms with Crippen molar-refractivity contribution in [3.63, 3.8) is 0 Å². The molecule has 2 rings (SSSR count). The number of amides is 1. The van der Waals surface area contributed by atoms with E-state index in [9.17, 15) is 9.59 Å². The first-order valence-electron chi connectivity index (χ1n) is 7.51. The molecule has 21 heavy (non-hydrogen) atoms. The lowest BCUT2D eigenvalue weighted by Crippen LogP contribution is -2.41. The molecular weight excluding hydrogens is 264 g/mol. The zero-order valence-electron chi connectivity index (χ0n) is 13.1. The molecule has 1 N–H and O–H groups in total. The van der Waals surface area contributed by atoms with Crippen LogP contribution in [0.3, 0.4) is 0 Å². The molecule has 0 spiro atoms. The number of Topliss-reactive ketones (excluding diaryl/α,β-unsaturated/α-hetero) is 1. The van der Waals surface area contributed by atoms with Crippen molar-refractivity contribution in [3.8, 4) is 0 Å². The predicted octanol–water partition coefficient (Wildman–Crippen LogP) is 2.49. The highest BCUT2D eigenvalue weighted by Gasteiger charge is 2.26. The van der Waals surface area contributed by atoms with Crippen molar-refractivity contribution < 1.29 is 9.59 Å². The average Bonchev–Trinajstić information content (AvgIpc) is 2.49. The maximum Gasteiger partial charge on any atom is 0.224 e. The van der Waals surface area contributed by atoms with Crippen LogP contribution in [0.4, 0.5) is 5.69 Å². The quantitative estimate of drug-likeness (QED) is 0.909. The molecule has 1 aromatic carbocycles. The van der Waals surface area contributed by atoms with Gasteiger partial charge in [0, 0.05) is 30.6 Å². The van der Waals surface area contributed by atoms with Crippen LogP contribution in [-0.2, 0) is 16.0 Å². The number of hydrogen-bond donors (Lipinski definition) is 1. The number of carbonyl (C=O) groups excluding carboxylic acids is 2. The molecule has 0 saturated heterocycles. The highest BCUT2D eigenvalue weighted by molar-refractivity contribution is 5.89. The van der Waals surface area contributed by atoms with Gasteiger partial charge in [-0.05, 0) is 18.1 Å². The van der Waals surface area contributed by atoms with Crippen LogP contribution in [0, 0.1) is 5.41 Å². The number of carbonyl (C=O) groups is 2. The first-order valence-corrected chi connectivity index (χ1v) is 7.51. The van der Waals surface area contributed by atoms with Crippen LogP contribution in [0.5, 0.6) is 0 Å². The van der Waals surface area contributed by atoms with E-state index in [1.165, 1.54) is 5.56 Å². The van der Waals surface area contributed by atoms with Crippen molar-refractivity contribution in [2.75, 3.05) is 25.0 Å². The first kappa shape index (κ1) is 15.5. The third-order valence-corrected chi connectivity index (χ3v) is 3.85. The summed E-state index contributed by atoms with van der Waals surface area (Å²) in [5.41, 5.74) is 1.88. The monoisotopic (exact) mass is 288 g/mol. The summed E-state index contributed by atoms with van der Waals surface area (Å²) in [6.45, 7) is 7.10. The van der Waals surface area contributed by atoms with Crippen LogP contribution in [-0.4, -0.2) is 36.2 Å². The van der Waals surface area contributed by atoms with Crippen molar-refractivity contribution in [1.29, 1.82) is 0 Å². The zero-order chi connectivity index (χ0) is 15.5. The van der Waals surface area contributed by atoms with Gasteiger partial charge in [0.15, 0.2) is 5.78 Å². The Balaban J connectivity index is 2.12. The van der Waals surface area contributed by atoms with Crippen molar-refractivity contribution in [2.45, 2.75) is 33.6 Å². The number of benzene rings is 1. The topological polar surface area (TPSA) is 49.4 Å². The molecule has 1 aliphatic rings. The van der Waals surface area contributed by atoms with Crippen LogP contribution in [0.1, 0.15) is 32.8 Å². The molecule has 0 unspecified atom stereocenters. The number of nitrogens with one attached hydrogen (secondary N) is 1. The third kappa shape index (κ3) is 4.06. The summed E-state index contributed by atoms with van der Waals surface area (Å²) in [5, 5.41) is 3.31. The number of rotatable bonds is 2. The molecule has 4 heteroatoms. The molecule has 0 fully saturated rings. The van der Waals surface area contributed by atoms with Crippen LogP contribution in [0.2, 0.25) is 0 Å². The summed E-state index contributed by atoms with van der Waals surface area (Å²) in [6.07, 6.45) is 1.19. The van der Waals surface area contributed by atoms with Gasteiger partial charge in [0.2, 0.25) is 5.91 Å². The Kier molecular flexibility index (Phi) is 4.66. The molecule has 0 radical (unpaired) electrons. The Morgan fingerprint density at radius 1 is 1.24 bits per heavy atom. The number of para-hydroxylation sites is 1. The van der Waals surface area contributed by atoms with Gasteiger partial charge in [-0.15, -0.1) is 0 Å². The fourth-order valence-corrected chi connectivity index (χ4v) is 2.33. The number of ketones is 1. The lowest BCUT2D eigenvalue weighted by atomic mass is 9.90. The minimum Gasteiger partial charge on any atom is -0.384 e. The Hall–Kier alpha value is -1.84. The van der Waals surface area contributed by atoms with E-state index in [1.54, 1.807) is 4.90 Å². The van der Waals surface area contributed by atoms with Crippen LogP contribution >= 0.6 is 0 Å². The number of nitrogens with zero attached hydrogens (tertiary/aromatic N) is 1. The van der Waals surface area contributed by atoms with E-state index >= 15 is 0 Å². The van der Waals surface area contributed by atoms with E-state index in [0.29, 0.717) is 19.5 Å². The lowest BCUT2D eigenvalue weighted by Gasteiger charge is -2.25. The fourth-order valence-electron chi connectivity index (χ4n) is 2.33. The molecule has 0 aromatic heterocycles. The number of hydrogen-bond acceptors (Lipinski definition) is 3. The number of anilines is 1.